The van der Waals surface area contributed by atoms with Crippen LogP contribution in [-0.4, -0.2) is 29.3 Å². The van der Waals surface area contributed by atoms with Gasteiger partial charge in [-0.3, -0.25) is 4.79 Å². The van der Waals surface area contributed by atoms with Crippen molar-refractivity contribution in [2.45, 2.75) is 26.7 Å². The summed E-state index contributed by atoms with van der Waals surface area (Å²) in [4.78, 5) is 24.7. The molecule has 1 amide bonds. The Labute approximate surface area is 98.5 Å². The minimum Gasteiger partial charge on any atom is -0.370 e. The van der Waals surface area contributed by atoms with Gasteiger partial charge in [-0.2, -0.15) is 0 Å². The quantitative estimate of drug-likeness (QED) is 0.821. The van der Waals surface area contributed by atoms with Gasteiger partial charge in [-0.25, -0.2) is 4.79 Å². The van der Waals surface area contributed by atoms with E-state index in [1.54, 1.807) is 14.0 Å². The second kappa shape index (κ2) is 5.21. The van der Waals surface area contributed by atoms with E-state index >= 15 is 0 Å². The van der Waals surface area contributed by atoms with E-state index in [2.05, 4.69) is 0 Å². The molecule has 0 saturated carbocycles. The molecule has 0 aliphatic rings. The van der Waals surface area contributed by atoms with Gasteiger partial charge in [0.25, 0.3) is 0 Å². The van der Waals surface area contributed by atoms with Crippen molar-refractivity contribution < 1.29 is 9.32 Å². The van der Waals surface area contributed by atoms with E-state index in [0.29, 0.717) is 11.3 Å². The van der Waals surface area contributed by atoms with Crippen LogP contribution in [0.1, 0.15) is 25.5 Å². The predicted octanol–water partition coefficient (Wildman–Crippen LogP) is 2.10. The van der Waals surface area contributed by atoms with E-state index in [1.807, 2.05) is 6.92 Å². The highest BCUT2D eigenvalue weighted by Gasteiger charge is 2.19. The first-order valence-corrected chi connectivity index (χ1v) is 5.50. The van der Waals surface area contributed by atoms with Gasteiger partial charge in [0.05, 0.1) is 0 Å². The first kappa shape index (κ1) is 12.8. The largest absolute Gasteiger partial charge is 0.370 e. The van der Waals surface area contributed by atoms with Gasteiger partial charge in [0.1, 0.15) is 5.02 Å². The van der Waals surface area contributed by atoms with Crippen molar-refractivity contribution in [3.05, 3.63) is 21.1 Å². The average molecular weight is 247 g/mol. The molecule has 1 heterocycles. The minimum absolute atomic E-state index is 0.0442. The number of nitrogens with zero attached hydrogens (tertiary/aromatic N) is 2. The summed E-state index contributed by atoms with van der Waals surface area (Å²) in [6.07, 6.45) is 1.86. The molecule has 90 valence electrons. The maximum Gasteiger partial charge on any atom is 0.360 e. The molecule has 0 atom stereocenters. The number of aryl methyl sites for hydroxylation is 1. The van der Waals surface area contributed by atoms with Crippen LogP contribution in [0.2, 0.25) is 5.02 Å². The molecular formula is C10H15ClN2O3. The Bertz CT molecular complexity index is 436. The molecule has 0 unspecified atom stereocenters. The number of rotatable bonds is 3. The Hall–Kier alpha value is -1.23. The van der Waals surface area contributed by atoms with Gasteiger partial charge < -0.3 is 9.42 Å². The van der Waals surface area contributed by atoms with Crippen LogP contribution in [0, 0.1) is 6.92 Å². The molecule has 0 fully saturated rings. The fourth-order valence-corrected chi connectivity index (χ4v) is 1.34. The van der Waals surface area contributed by atoms with Crippen LogP contribution in [0.15, 0.2) is 9.32 Å². The Morgan fingerprint density at radius 2 is 2.19 bits per heavy atom. The number of hydrogen-bond donors (Lipinski definition) is 0. The zero-order valence-electron chi connectivity index (χ0n) is 9.62. The molecule has 0 saturated heterocycles. The molecule has 0 aromatic carbocycles. The van der Waals surface area contributed by atoms with Gasteiger partial charge in [-0.05, 0) is 13.3 Å². The van der Waals surface area contributed by atoms with Crippen LogP contribution in [0.5, 0.6) is 0 Å². The van der Waals surface area contributed by atoms with Crippen molar-refractivity contribution in [2.75, 3.05) is 13.6 Å². The fourth-order valence-electron chi connectivity index (χ4n) is 1.23. The lowest BCUT2D eigenvalue weighted by atomic mass is 10.3. The van der Waals surface area contributed by atoms with Gasteiger partial charge in [-0.1, -0.05) is 29.7 Å². The van der Waals surface area contributed by atoms with E-state index in [1.165, 1.54) is 4.90 Å². The third kappa shape index (κ3) is 2.47. The minimum atomic E-state index is -0.604. The van der Waals surface area contributed by atoms with E-state index in [-0.39, 0.29) is 10.8 Å². The molecule has 0 radical (unpaired) electrons. The molecule has 0 spiro atoms. The molecule has 5 nitrogen and oxygen atoms in total. The summed E-state index contributed by atoms with van der Waals surface area (Å²) in [6.45, 7) is 4.15. The maximum absolute atomic E-state index is 11.8. The molecule has 0 aliphatic carbocycles. The zero-order valence-corrected chi connectivity index (χ0v) is 10.4. The Balaban J connectivity index is 2.88. The Kier molecular flexibility index (Phi) is 4.18. The van der Waals surface area contributed by atoms with Crippen molar-refractivity contribution in [1.82, 2.24) is 9.64 Å². The molecule has 0 N–H and O–H groups in total. The maximum atomic E-state index is 11.8. The number of hydrogen-bond acceptors (Lipinski definition) is 3. The predicted molar refractivity (Wildman–Crippen MR) is 61.0 cm³/mol. The van der Waals surface area contributed by atoms with Crippen molar-refractivity contribution in [3.8, 4) is 0 Å². The summed E-state index contributed by atoms with van der Waals surface area (Å²) in [7, 11) is 1.62. The van der Waals surface area contributed by atoms with Crippen molar-refractivity contribution in [1.29, 1.82) is 0 Å². The lowest BCUT2D eigenvalue weighted by Crippen LogP contribution is -2.36. The zero-order chi connectivity index (χ0) is 12.3. The third-order valence-electron chi connectivity index (χ3n) is 2.26. The molecule has 1 aromatic rings. The van der Waals surface area contributed by atoms with Crippen LogP contribution < -0.4 is 5.56 Å². The Morgan fingerprint density at radius 3 is 2.62 bits per heavy atom. The monoisotopic (exact) mass is 246 g/mol. The fraction of sp³-hybridized carbons (Fsp3) is 0.600. The van der Waals surface area contributed by atoms with Crippen molar-refractivity contribution in [2.24, 2.45) is 0 Å². The third-order valence-corrected chi connectivity index (χ3v) is 2.68. The van der Waals surface area contributed by atoms with Crippen LogP contribution >= 0.6 is 11.6 Å². The number of carbonyl (C=O) groups is 1. The highest BCUT2D eigenvalue weighted by atomic mass is 35.5. The van der Waals surface area contributed by atoms with Gasteiger partial charge in [0.15, 0.2) is 5.76 Å². The molecule has 0 aliphatic heterocycles. The normalized spacial score (nSPS) is 10.5. The second-order valence-corrected chi connectivity index (χ2v) is 4.00. The highest BCUT2D eigenvalue weighted by Crippen LogP contribution is 2.10. The number of aromatic nitrogens is 1. The lowest BCUT2D eigenvalue weighted by molar-refractivity contribution is 0.174. The van der Waals surface area contributed by atoms with Gasteiger partial charge >= 0.3 is 11.6 Å². The topological polar surface area (TPSA) is 55.5 Å². The summed E-state index contributed by atoms with van der Waals surface area (Å²) in [5, 5.41) is -0.0442. The molecule has 1 rings (SSSR count). The summed E-state index contributed by atoms with van der Waals surface area (Å²) >= 11 is 5.65. The number of unbranched alkanes of at least 4 members (excludes halogenated alkanes) is 1. The summed E-state index contributed by atoms with van der Waals surface area (Å²) < 4.78 is 5.68. The summed E-state index contributed by atoms with van der Waals surface area (Å²) in [5.41, 5.74) is -0.604. The first-order chi connectivity index (χ1) is 7.49. The molecule has 1 aromatic heterocycles. The lowest BCUT2D eigenvalue weighted by Gasteiger charge is -2.14. The number of amides is 1. The SMILES string of the molecule is CCCCN(C)C(=O)n1oc(C)c(Cl)c1=O. The summed E-state index contributed by atoms with van der Waals surface area (Å²) in [6, 6.07) is -0.492. The van der Waals surface area contributed by atoms with E-state index < -0.39 is 11.6 Å². The van der Waals surface area contributed by atoms with Crippen LogP contribution in [-0.2, 0) is 0 Å². The molecular weight excluding hydrogens is 232 g/mol. The van der Waals surface area contributed by atoms with E-state index in [4.69, 9.17) is 16.1 Å². The number of halogens is 1. The standard InChI is InChI=1S/C10H15ClN2O3/c1-4-5-6-12(3)10(15)13-9(14)8(11)7(2)16-13/h4-6H2,1-3H3. The van der Waals surface area contributed by atoms with Gasteiger partial charge in [-0.15, -0.1) is 0 Å². The smallest absolute Gasteiger partial charge is 0.360 e. The molecule has 0 bridgehead atoms. The molecule has 6 heteroatoms. The van der Waals surface area contributed by atoms with Crippen molar-refractivity contribution >= 4 is 17.6 Å². The first-order valence-electron chi connectivity index (χ1n) is 5.13. The molecule has 16 heavy (non-hydrogen) atoms. The average Bonchev–Trinajstić information content (AvgIpc) is 2.52. The van der Waals surface area contributed by atoms with Gasteiger partial charge in [0.2, 0.25) is 0 Å². The van der Waals surface area contributed by atoms with E-state index in [0.717, 1.165) is 12.8 Å². The van der Waals surface area contributed by atoms with Crippen LogP contribution in [0.3, 0.4) is 0 Å². The highest BCUT2D eigenvalue weighted by molar-refractivity contribution is 6.31. The summed E-state index contributed by atoms with van der Waals surface area (Å²) in [5.74, 6) is 0.254. The van der Waals surface area contributed by atoms with E-state index in [9.17, 15) is 9.59 Å². The van der Waals surface area contributed by atoms with Crippen LogP contribution in [0.4, 0.5) is 4.79 Å². The van der Waals surface area contributed by atoms with Crippen molar-refractivity contribution in [3.63, 3.8) is 0 Å². The second-order valence-electron chi connectivity index (χ2n) is 3.62. The van der Waals surface area contributed by atoms with Gasteiger partial charge in [0, 0.05) is 13.6 Å². The number of carbonyl (C=O) groups excluding carboxylic acids is 1. The van der Waals surface area contributed by atoms with Crippen LogP contribution in [0.25, 0.3) is 0 Å². The Morgan fingerprint density at radius 1 is 1.56 bits per heavy atom.